The average Bonchev–Trinajstić information content (AvgIpc) is 2.25. The van der Waals surface area contributed by atoms with Crippen molar-refractivity contribution in [2.75, 3.05) is 0 Å². The van der Waals surface area contributed by atoms with E-state index in [2.05, 4.69) is 15.9 Å². The normalized spacial score (nSPS) is 14.9. The number of ether oxygens (including phenoxy) is 1. The summed E-state index contributed by atoms with van der Waals surface area (Å²) in [4.78, 5) is 11.0. The Bertz CT molecular complexity index is 411. The molecule has 1 rings (SSSR count). The Morgan fingerprint density at radius 3 is 2.22 bits per heavy atom. The van der Waals surface area contributed by atoms with Gasteiger partial charge in [0.2, 0.25) is 0 Å². The highest BCUT2D eigenvalue weighted by atomic mass is 79.9. The third kappa shape index (κ3) is 3.99. The first-order valence-corrected chi connectivity index (χ1v) is 6.40. The fraction of sp³-hybridized carbons (Fsp3) is 0.462. The van der Waals surface area contributed by atoms with Gasteiger partial charge < -0.3 is 15.6 Å². The number of aliphatic hydroxyl groups excluding tert-OH is 1. The number of carbonyl (C=O) groups excluding carboxylic acids is 1. The van der Waals surface area contributed by atoms with E-state index in [-0.39, 0.29) is 0 Å². The summed E-state index contributed by atoms with van der Waals surface area (Å²) in [6.07, 6.45) is -2.51. The monoisotopic (exact) mass is 315 g/mol. The van der Waals surface area contributed by atoms with Gasteiger partial charge in [0, 0.05) is 4.47 Å². The van der Waals surface area contributed by atoms with Gasteiger partial charge in [0.1, 0.15) is 6.10 Å². The number of hydrogen-bond donors (Lipinski definition) is 2. The molecule has 0 spiro atoms. The summed E-state index contributed by atoms with van der Waals surface area (Å²) in [6.45, 7) is 5.61. The SMILES string of the molecule is CC(C)(C)C(O)[C@H](OC(N)=O)c1ccc(Br)cc1. The third-order valence-corrected chi connectivity index (χ3v) is 3.14. The van der Waals surface area contributed by atoms with E-state index in [9.17, 15) is 9.90 Å². The van der Waals surface area contributed by atoms with Crippen LogP contribution in [0.3, 0.4) is 0 Å². The van der Waals surface area contributed by atoms with Gasteiger partial charge in [0.15, 0.2) is 6.10 Å². The van der Waals surface area contributed by atoms with Crippen LogP contribution in [0.4, 0.5) is 4.79 Å². The molecule has 0 saturated carbocycles. The van der Waals surface area contributed by atoms with E-state index in [0.717, 1.165) is 4.47 Å². The molecule has 1 aromatic carbocycles. The van der Waals surface area contributed by atoms with Crippen LogP contribution in [0.25, 0.3) is 0 Å². The maximum atomic E-state index is 11.0. The molecule has 0 aliphatic heterocycles. The van der Waals surface area contributed by atoms with E-state index in [1.807, 2.05) is 32.9 Å². The summed E-state index contributed by atoms with van der Waals surface area (Å²) in [6, 6.07) is 7.21. The van der Waals surface area contributed by atoms with E-state index in [4.69, 9.17) is 10.5 Å². The average molecular weight is 316 g/mol. The zero-order valence-electron chi connectivity index (χ0n) is 10.7. The number of primary amides is 1. The maximum Gasteiger partial charge on any atom is 0.405 e. The molecule has 3 N–H and O–H groups in total. The Morgan fingerprint density at radius 2 is 1.83 bits per heavy atom. The van der Waals surface area contributed by atoms with Crippen molar-refractivity contribution in [3.63, 3.8) is 0 Å². The molecule has 0 bridgehead atoms. The first-order valence-electron chi connectivity index (χ1n) is 5.61. The van der Waals surface area contributed by atoms with Crippen molar-refractivity contribution in [2.45, 2.75) is 33.0 Å². The number of carbonyl (C=O) groups is 1. The molecule has 0 radical (unpaired) electrons. The molecule has 100 valence electrons. The minimum atomic E-state index is -0.897. The molecule has 0 aliphatic carbocycles. The first kappa shape index (κ1) is 15.0. The van der Waals surface area contributed by atoms with Crippen LogP contribution in [-0.4, -0.2) is 17.3 Å². The van der Waals surface area contributed by atoms with Gasteiger partial charge in [-0.15, -0.1) is 0 Å². The standard InChI is InChI=1S/C13H18BrNO3/c1-13(2,3)11(16)10(18-12(15)17)8-4-6-9(14)7-5-8/h4-7,10-11,16H,1-3H3,(H2,15,17)/t10-,11?/m1/s1. The molecule has 1 aromatic rings. The molecule has 2 atom stereocenters. The summed E-state index contributed by atoms with van der Waals surface area (Å²) in [5, 5.41) is 10.3. The maximum absolute atomic E-state index is 11.0. The van der Waals surface area contributed by atoms with Crippen molar-refractivity contribution in [1.29, 1.82) is 0 Å². The Morgan fingerprint density at radius 1 is 1.33 bits per heavy atom. The van der Waals surface area contributed by atoms with E-state index in [0.29, 0.717) is 5.56 Å². The highest BCUT2D eigenvalue weighted by Crippen LogP contribution is 2.33. The van der Waals surface area contributed by atoms with Crippen LogP contribution < -0.4 is 5.73 Å². The van der Waals surface area contributed by atoms with Crippen LogP contribution in [0.5, 0.6) is 0 Å². The van der Waals surface area contributed by atoms with Gasteiger partial charge in [0.05, 0.1) is 0 Å². The summed E-state index contributed by atoms with van der Waals surface area (Å²) >= 11 is 3.33. The predicted octanol–water partition coefficient (Wildman–Crippen LogP) is 2.99. The van der Waals surface area contributed by atoms with E-state index in [1.165, 1.54) is 0 Å². The lowest BCUT2D eigenvalue weighted by Crippen LogP contribution is -2.36. The van der Waals surface area contributed by atoms with Crippen LogP contribution >= 0.6 is 15.9 Å². The Kier molecular flexibility index (Phi) is 4.76. The lowest BCUT2D eigenvalue weighted by molar-refractivity contribution is -0.0508. The zero-order valence-corrected chi connectivity index (χ0v) is 12.3. The second-order valence-electron chi connectivity index (χ2n) is 5.22. The molecule has 18 heavy (non-hydrogen) atoms. The molecule has 0 aromatic heterocycles. The van der Waals surface area contributed by atoms with Crippen molar-refractivity contribution in [1.82, 2.24) is 0 Å². The first-order chi connectivity index (χ1) is 8.21. The molecular weight excluding hydrogens is 298 g/mol. The number of aliphatic hydroxyl groups is 1. The molecule has 1 unspecified atom stereocenters. The van der Waals surface area contributed by atoms with Gasteiger partial charge in [-0.3, -0.25) is 0 Å². The molecular formula is C13H18BrNO3. The van der Waals surface area contributed by atoms with Crippen LogP contribution in [0.2, 0.25) is 0 Å². The van der Waals surface area contributed by atoms with E-state index < -0.39 is 23.7 Å². The predicted molar refractivity (Wildman–Crippen MR) is 73.0 cm³/mol. The number of amides is 1. The highest BCUT2D eigenvalue weighted by molar-refractivity contribution is 9.10. The van der Waals surface area contributed by atoms with Crippen LogP contribution in [0, 0.1) is 5.41 Å². The molecule has 1 amide bonds. The number of hydrogen-bond acceptors (Lipinski definition) is 3. The van der Waals surface area contributed by atoms with E-state index in [1.54, 1.807) is 12.1 Å². The third-order valence-electron chi connectivity index (χ3n) is 2.62. The van der Waals surface area contributed by atoms with Crippen LogP contribution in [-0.2, 0) is 4.74 Å². The van der Waals surface area contributed by atoms with Crippen LogP contribution in [0.15, 0.2) is 28.7 Å². The highest BCUT2D eigenvalue weighted by Gasteiger charge is 2.33. The smallest absolute Gasteiger partial charge is 0.405 e. The fourth-order valence-corrected chi connectivity index (χ4v) is 1.81. The van der Waals surface area contributed by atoms with Gasteiger partial charge in [-0.25, -0.2) is 4.79 Å². The van der Waals surface area contributed by atoms with Gasteiger partial charge >= 0.3 is 6.09 Å². The van der Waals surface area contributed by atoms with Crippen molar-refractivity contribution in [2.24, 2.45) is 11.1 Å². The second kappa shape index (κ2) is 5.71. The summed E-state index contributed by atoms with van der Waals surface area (Å²) in [5.41, 5.74) is 5.34. The number of halogens is 1. The van der Waals surface area contributed by atoms with Gasteiger partial charge in [-0.05, 0) is 23.1 Å². The van der Waals surface area contributed by atoms with Crippen molar-refractivity contribution in [3.05, 3.63) is 34.3 Å². The molecule has 0 aliphatic rings. The number of benzene rings is 1. The van der Waals surface area contributed by atoms with E-state index >= 15 is 0 Å². The lowest BCUT2D eigenvalue weighted by atomic mass is 9.83. The Labute approximate surface area is 115 Å². The lowest BCUT2D eigenvalue weighted by Gasteiger charge is -2.32. The quantitative estimate of drug-likeness (QED) is 0.900. The Hall–Kier alpha value is -1.07. The minimum absolute atomic E-state index is 0.423. The molecule has 5 heteroatoms. The molecule has 0 saturated heterocycles. The summed E-state index contributed by atoms with van der Waals surface area (Å²) in [7, 11) is 0. The topological polar surface area (TPSA) is 72.6 Å². The zero-order chi connectivity index (χ0) is 13.9. The molecule has 0 fully saturated rings. The fourth-order valence-electron chi connectivity index (χ4n) is 1.55. The minimum Gasteiger partial charge on any atom is -0.439 e. The number of nitrogens with two attached hydrogens (primary N) is 1. The van der Waals surface area contributed by atoms with Gasteiger partial charge in [0.25, 0.3) is 0 Å². The van der Waals surface area contributed by atoms with Crippen molar-refractivity contribution < 1.29 is 14.6 Å². The number of rotatable bonds is 3. The molecule has 4 nitrogen and oxygen atoms in total. The van der Waals surface area contributed by atoms with Crippen molar-refractivity contribution in [3.8, 4) is 0 Å². The second-order valence-corrected chi connectivity index (χ2v) is 6.14. The molecule has 0 heterocycles. The van der Waals surface area contributed by atoms with Gasteiger partial charge in [-0.1, -0.05) is 48.8 Å². The van der Waals surface area contributed by atoms with Gasteiger partial charge in [-0.2, -0.15) is 0 Å². The summed E-state index contributed by atoms with van der Waals surface area (Å²) < 4.78 is 5.95. The van der Waals surface area contributed by atoms with Crippen molar-refractivity contribution >= 4 is 22.0 Å². The van der Waals surface area contributed by atoms with Crippen LogP contribution in [0.1, 0.15) is 32.4 Å². The Balaban J connectivity index is 3.05. The summed E-state index contributed by atoms with van der Waals surface area (Å²) in [5.74, 6) is 0. The largest absolute Gasteiger partial charge is 0.439 e.